The van der Waals surface area contributed by atoms with Gasteiger partial charge in [0.25, 0.3) is 0 Å². The highest BCUT2D eigenvalue weighted by atomic mass is 35.5. The maximum Gasteiger partial charge on any atom is 0.174 e. The summed E-state index contributed by atoms with van der Waals surface area (Å²) in [6.07, 6.45) is 0.915. The van der Waals surface area contributed by atoms with E-state index in [1.807, 2.05) is 0 Å². The molecule has 5 heteroatoms. The van der Waals surface area contributed by atoms with E-state index in [2.05, 4.69) is 46.7 Å². The first-order chi connectivity index (χ1) is 8.65. The van der Waals surface area contributed by atoms with Gasteiger partial charge in [0, 0.05) is 12.6 Å². The van der Waals surface area contributed by atoms with E-state index in [1.54, 1.807) is 6.07 Å². The lowest BCUT2D eigenvalue weighted by Crippen LogP contribution is -2.06. The number of anilines is 1. The molecule has 1 N–H and O–H groups in total. The number of hydrogen-bond acceptors (Lipinski definition) is 3. The highest BCUT2D eigenvalue weighted by Gasteiger charge is 2.03. The Bertz CT molecular complexity index is 544. The Morgan fingerprint density at radius 2 is 2.00 bits per heavy atom. The van der Waals surface area contributed by atoms with Gasteiger partial charge in [-0.05, 0) is 18.9 Å². The van der Waals surface area contributed by atoms with Crippen LogP contribution in [-0.2, 0) is 6.42 Å². The van der Waals surface area contributed by atoms with E-state index >= 15 is 0 Å². The maximum atomic E-state index is 5.91. The zero-order valence-corrected chi connectivity index (χ0v) is 11.5. The van der Waals surface area contributed by atoms with Crippen LogP contribution in [0.5, 0.6) is 0 Å². The van der Waals surface area contributed by atoms with Crippen molar-refractivity contribution in [3.8, 4) is 0 Å². The predicted molar refractivity (Wildman–Crippen MR) is 75.4 cm³/mol. The van der Waals surface area contributed by atoms with Gasteiger partial charge in [-0.25, -0.2) is 0 Å². The first-order valence-corrected chi connectivity index (χ1v) is 6.39. The molecule has 1 heterocycles. The second-order valence-corrected chi connectivity index (χ2v) is 4.78. The third-order valence-corrected chi connectivity index (χ3v) is 2.99. The lowest BCUT2D eigenvalue weighted by molar-refractivity contribution is 0.991. The van der Waals surface area contributed by atoms with Crippen molar-refractivity contribution in [3.63, 3.8) is 0 Å². The Labute approximate surface area is 116 Å². The van der Waals surface area contributed by atoms with E-state index < -0.39 is 0 Å². The third-order valence-electron chi connectivity index (χ3n) is 2.53. The van der Waals surface area contributed by atoms with Crippen LogP contribution in [0.2, 0.25) is 10.3 Å². The van der Waals surface area contributed by atoms with Gasteiger partial charge in [0.15, 0.2) is 10.3 Å². The second-order valence-electron chi connectivity index (χ2n) is 4.04. The number of hydrogen-bond donors (Lipinski definition) is 1. The Morgan fingerprint density at radius 1 is 1.17 bits per heavy atom. The minimum absolute atomic E-state index is 0.331. The SMILES string of the molecule is Cc1cccc(CCNc2cc(Cl)nnc2Cl)c1. The van der Waals surface area contributed by atoms with E-state index in [9.17, 15) is 0 Å². The van der Waals surface area contributed by atoms with Gasteiger partial charge in [0.1, 0.15) is 0 Å². The van der Waals surface area contributed by atoms with Crippen LogP contribution in [0, 0.1) is 6.92 Å². The molecule has 2 rings (SSSR count). The molecule has 0 aliphatic carbocycles. The van der Waals surface area contributed by atoms with Crippen molar-refractivity contribution in [3.05, 3.63) is 51.8 Å². The molecule has 0 aliphatic rings. The lowest BCUT2D eigenvalue weighted by atomic mass is 10.1. The van der Waals surface area contributed by atoms with Crippen molar-refractivity contribution in [2.24, 2.45) is 0 Å². The summed E-state index contributed by atoms with van der Waals surface area (Å²) >= 11 is 11.7. The first-order valence-electron chi connectivity index (χ1n) is 5.63. The highest BCUT2D eigenvalue weighted by molar-refractivity contribution is 6.33. The van der Waals surface area contributed by atoms with Crippen molar-refractivity contribution >= 4 is 28.9 Å². The number of aryl methyl sites for hydroxylation is 1. The summed E-state index contributed by atoms with van der Waals surface area (Å²) < 4.78 is 0. The largest absolute Gasteiger partial charge is 0.382 e. The molecule has 0 radical (unpaired) electrons. The molecule has 3 nitrogen and oxygen atoms in total. The molecule has 18 heavy (non-hydrogen) atoms. The molecule has 0 atom stereocenters. The number of nitrogens with zero attached hydrogens (tertiary/aromatic N) is 2. The molecule has 0 saturated carbocycles. The van der Waals surface area contributed by atoms with Crippen LogP contribution < -0.4 is 5.32 Å². The van der Waals surface area contributed by atoms with Crippen LogP contribution >= 0.6 is 23.2 Å². The molecule has 0 fully saturated rings. The summed E-state index contributed by atoms with van der Waals surface area (Å²) in [6, 6.07) is 10.1. The number of benzene rings is 1. The highest BCUT2D eigenvalue weighted by Crippen LogP contribution is 2.20. The normalized spacial score (nSPS) is 10.4. The standard InChI is InChI=1S/C13H13Cl2N3/c1-9-3-2-4-10(7-9)5-6-16-11-8-12(14)17-18-13(11)15/h2-4,7-8H,5-6H2,1H3,(H,16,17). The second kappa shape index (κ2) is 6.03. The molecular formula is C13H13Cl2N3. The zero-order chi connectivity index (χ0) is 13.0. The molecule has 0 aliphatic heterocycles. The molecule has 2 aromatic rings. The van der Waals surface area contributed by atoms with Crippen molar-refractivity contribution in [1.29, 1.82) is 0 Å². The van der Waals surface area contributed by atoms with Crippen LogP contribution in [0.4, 0.5) is 5.69 Å². The van der Waals surface area contributed by atoms with E-state index in [0.717, 1.165) is 13.0 Å². The van der Waals surface area contributed by atoms with Gasteiger partial charge in [-0.1, -0.05) is 53.0 Å². The van der Waals surface area contributed by atoms with Gasteiger partial charge in [-0.15, -0.1) is 10.2 Å². The Hall–Kier alpha value is -1.32. The zero-order valence-electron chi connectivity index (χ0n) is 9.95. The van der Waals surface area contributed by atoms with Crippen LogP contribution in [0.3, 0.4) is 0 Å². The molecule has 0 spiro atoms. The number of rotatable bonds is 4. The molecule has 0 unspecified atom stereocenters. The topological polar surface area (TPSA) is 37.8 Å². The van der Waals surface area contributed by atoms with Gasteiger partial charge in [0.05, 0.1) is 5.69 Å². The minimum Gasteiger partial charge on any atom is -0.382 e. The van der Waals surface area contributed by atoms with Crippen LogP contribution in [0.25, 0.3) is 0 Å². The smallest absolute Gasteiger partial charge is 0.174 e. The fourth-order valence-electron chi connectivity index (χ4n) is 1.69. The lowest BCUT2D eigenvalue weighted by Gasteiger charge is -2.08. The van der Waals surface area contributed by atoms with E-state index in [-0.39, 0.29) is 0 Å². The monoisotopic (exact) mass is 281 g/mol. The maximum absolute atomic E-state index is 5.91. The summed E-state index contributed by atoms with van der Waals surface area (Å²) in [6.45, 7) is 2.85. The molecule has 94 valence electrons. The average molecular weight is 282 g/mol. The van der Waals surface area contributed by atoms with E-state index in [0.29, 0.717) is 16.0 Å². The molecule has 1 aromatic heterocycles. The molecule has 0 saturated heterocycles. The molecular weight excluding hydrogens is 269 g/mol. The van der Waals surface area contributed by atoms with E-state index in [4.69, 9.17) is 23.2 Å². The first kappa shape index (κ1) is 13.1. The molecule has 0 amide bonds. The predicted octanol–water partition coefficient (Wildman–Crippen LogP) is 3.75. The quantitative estimate of drug-likeness (QED) is 0.928. The number of aromatic nitrogens is 2. The van der Waals surface area contributed by atoms with Crippen LogP contribution in [0.1, 0.15) is 11.1 Å². The third kappa shape index (κ3) is 3.59. The van der Waals surface area contributed by atoms with Gasteiger partial charge in [-0.2, -0.15) is 0 Å². The average Bonchev–Trinajstić information content (AvgIpc) is 2.34. The summed E-state index contributed by atoms with van der Waals surface area (Å²) in [5.41, 5.74) is 3.26. The summed E-state index contributed by atoms with van der Waals surface area (Å²) in [5, 5.41) is 11.3. The van der Waals surface area contributed by atoms with Crippen LogP contribution in [0.15, 0.2) is 30.3 Å². The Kier molecular flexibility index (Phi) is 4.39. The number of nitrogens with one attached hydrogen (secondary N) is 1. The summed E-state index contributed by atoms with van der Waals surface area (Å²) in [4.78, 5) is 0. The summed E-state index contributed by atoms with van der Waals surface area (Å²) in [5.74, 6) is 0. The Balaban J connectivity index is 1.94. The molecule has 1 aromatic carbocycles. The van der Waals surface area contributed by atoms with Crippen molar-refractivity contribution < 1.29 is 0 Å². The van der Waals surface area contributed by atoms with Crippen LogP contribution in [-0.4, -0.2) is 16.7 Å². The van der Waals surface area contributed by atoms with Crippen molar-refractivity contribution in [2.75, 3.05) is 11.9 Å². The van der Waals surface area contributed by atoms with Gasteiger partial charge < -0.3 is 5.32 Å². The van der Waals surface area contributed by atoms with Gasteiger partial charge >= 0.3 is 0 Å². The Morgan fingerprint density at radius 3 is 2.78 bits per heavy atom. The summed E-state index contributed by atoms with van der Waals surface area (Å²) in [7, 11) is 0. The van der Waals surface area contributed by atoms with Gasteiger partial charge in [-0.3, -0.25) is 0 Å². The number of halogens is 2. The fraction of sp³-hybridized carbons (Fsp3) is 0.231. The molecule has 0 bridgehead atoms. The van der Waals surface area contributed by atoms with Crippen molar-refractivity contribution in [2.45, 2.75) is 13.3 Å². The van der Waals surface area contributed by atoms with E-state index in [1.165, 1.54) is 11.1 Å². The minimum atomic E-state index is 0.331. The van der Waals surface area contributed by atoms with Gasteiger partial charge in [0.2, 0.25) is 0 Å². The fourth-order valence-corrected chi connectivity index (χ4v) is 1.99. The van der Waals surface area contributed by atoms with Crippen molar-refractivity contribution in [1.82, 2.24) is 10.2 Å².